The molecule has 0 aliphatic rings. The number of fused-ring (bicyclic) bond motifs is 1. The van der Waals surface area contributed by atoms with Crippen LogP contribution in [0, 0.1) is 13.8 Å². The van der Waals surface area contributed by atoms with Crippen molar-refractivity contribution in [3.8, 4) is 5.75 Å². The van der Waals surface area contributed by atoms with Crippen molar-refractivity contribution < 1.29 is 19.1 Å². The second kappa shape index (κ2) is 8.39. The highest BCUT2D eigenvalue weighted by Crippen LogP contribution is 2.23. The van der Waals surface area contributed by atoms with Gasteiger partial charge in [0.1, 0.15) is 5.75 Å². The van der Waals surface area contributed by atoms with Gasteiger partial charge in [-0.2, -0.15) is 4.99 Å². The zero-order chi connectivity index (χ0) is 20.3. The third-order valence-corrected chi connectivity index (χ3v) is 5.65. The van der Waals surface area contributed by atoms with E-state index in [0.717, 1.165) is 27.1 Å². The molecule has 7 heteroatoms. The fraction of sp³-hybridized carbons (Fsp3) is 0.286. The summed E-state index contributed by atoms with van der Waals surface area (Å²) in [7, 11) is 2.97. The predicted molar refractivity (Wildman–Crippen MR) is 109 cm³/mol. The molecule has 0 aliphatic carbocycles. The first kappa shape index (κ1) is 19.8. The highest BCUT2D eigenvalue weighted by molar-refractivity contribution is 7.16. The van der Waals surface area contributed by atoms with Crippen LogP contribution in [0.25, 0.3) is 10.2 Å². The summed E-state index contributed by atoms with van der Waals surface area (Å²) in [5.41, 5.74) is 3.60. The molecule has 0 spiro atoms. The lowest BCUT2D eigenvalue weighted by molar-refractivity contribution is -0.140. The molecule has 1 heterocycles. The van der Waals surface area contributed by atoms with Crippen LogP contribution in [-0.4, -0.2) is 30.7 Å². The molecule has 0 atom stereocenters. The number of ether oxygens (including phenoxy) is 2. The van der Waals surface area contributed by atoms with E-state index in [1.807, 2.05) is 48.7 Å². The lowest BCUT2D eigenvalue weighted by Gasteiger charge is -2.05. The van der Waals surface area contributed by atoms with E-state index in [2.05, 4.69) is 4.99 Å². The van der Waals surface area contributed by atoms with E-state index >= 15 is 0 Å². The van der Waals surface area contributed by atoms with Gasteiger partial charge in [0, 0.05) is 12.1 Å². The van der Waals surface area contributed by atoms with E-state index in [0.29, 0.717) is 16.9 Å². The standard InChI is InChI=1S/C21H22N2O4S/c1-13-5-6-15(11-14(13)2)20(25)22-21-23(10-9-19(24)27-4)17-8-7-16(26-3)12-18(17)28-21/h5-8,11-12H,9-10H2,1-4H3. The van der Waals surface area contributed by atoms with E-state index in [1.165, 1.54) is 18.4 Å². The van der Waals surface area contributed by atoms with Crippen molar-refractivity contribution in [2.75, 3.05) is 14.2 Å². The minimum Gasteiger partial charge on any atom is -0.497 e. The number of thiazole rings is 1. The quantitative estimate of drug-likeness (QED) is 0.616. The van der Waals surface area contributed by atoms with Crippen LogP contribution in [0.3, 0.4) is 0 Å². The summed E-state index contributed by atoms with van der Waals surface area (Å²) in [5.74, 6) is 0.0983. The van der Waals surface area contributed by atoms with Crippen molar-refractivity contribution in [2.24, 2.45) is 4.99 Å². The van der Waals surface area contributed by atoms with E-state index < -0.39 is 0 Å². The Morgan fingerprint density at radius 3 is 2.54 bits per heavy atom. The first-order valence-electron chi connectivity index (χ1n) is 8.83. The molecule has 6 nitrogen and oxygen atoms in total. The van der Waals surface area contributed by atoms with Crippen molar-refractivity contribution in [1.82, 2.24) is 4.57 Å². The minimum absolute atomic E-state index is 0.194. The monoisotopic (exact) mass is 398 g/mol. The molecule has 146 valence electrons. The molecule has 0 fully saturated rings. The van der Waals surface area contributed by atoms with Gasteiger partial charge in [-0.15, -0.1) is 0 Å². The molecule has 2 aromatic carbocycles. The van der Waals surface area contributed by atoms with Crippen LogP contribution < -0.4 is 9.54 Å². The van der Waals surface area contributed by atoms with Crippen LogP contribution in [0.15, 0.2) is 41.4 Å². The van der Waals surface area contributed by atoms with E-state index in [-0.39, 0.29) is 18.3 Å². The number of carbonyl (C=O) groups is 2. The van der Waals surface area contributed by atoms with Gasteiger partial charge in [-0.3, -0.25) is 9.59 Å². The molecular formula is C21H22N2O4S. The maximum atomic E-state index is 12.7. The second-order valence-corrected chi connectivity index (χ2v) is 7.42. The Balaban J connectivity index is 2.08. The van der Waals surface area contributed by atoms with Crippen LogP contribution in [0.2, 0.25) is 0 Å². The zero-order valence-corrected chi connectivity index (χ0v) is 17.1. The number of aryl methyl sites for hydroxylation is 3. The largest absolute Gasteiger partial charge is 0.497 e. The van der Waals surface area contributed by atoms with Crippen LogP contribution in [-0.2, 0) is 16.1 Å². The molecule has 0 bridgehead atoms. The number of aromatic nitrogens is 1. The molecule has 1 amide bonds. The van der Waals surface area contributed by atoms with E-state index in [9.17, 15) is 9.59 Å². The van der Waals surface area contributed by atoms with Crippen molar-refractivity contribution in [1.29, 1.82) is 0 Å². The van der Waals surface area contributed by atoms with Crippen LogP contribution in [0.5, 0.6) is 5.75 Å². The molecular weight excluding hydrogens is 376 g/mol. The van der Waals surface area contributed by atoms with Gasteiger partial charge in [-0.05, 0) is 55.3 Å². The second-order valence-electron chi connectivity index (χ2n) is 6.41. The summed E-state index contributed by atoms with van der Waals surface area (Å²) in [6.07, 6.45) is 0.194. The smallest absolute Gasteiger partial charge is 0.307 e. The Bertz CT molecular complexity index is 1110. The third kappa shape index (κ3) is 4.14. The summed E-state index contributed by atoms with van der Waals surface area (Å²) in [5, 5.41) is 0. The lowest BCUT2D eigenvalue weighted by Crippen LogP contribution is -2.19. The number of rotatable bonds is 5. The summed E-state index contributed by atoms with van der Waals surface area (Å²) in [4.78, 5) is 29.2. The zero-order valence-electron chi connectivity index (χ0n) is 16.3. The van der Waals surface area contributed by atoms with Gasteiger partial charge in [-0.1, -0.05) is 17.4 Å². The maximum Gasteiger partial charge on any atom is 0.307 e. The van der Waals surface area contributed by atoms with Crippen molar-refractivity contribution in [3.05, 3.63) is 57.9 Å². The van der Waals surface area contributed by atoms with Crippen molar-refractivity contribution in [3.63, 3.8) is 0 Å². The van der Waals surface area contributed by atoms with E-state index in [4.69, 9.17) is 9.47 Å². The fourth-order valence-corrected chi connectivity index (χ4v) is 3.90. The topological polar surface area (TPSA) is 69.9 Å². The minimum atomic E-state index is -0.313. The number of hydrogen-bond donors (Lipinski definition) is 0. The average molecular weight is 398 g/mol. The maximum absolute atomic E-state index is 12.7. The molecule has 0 aliphatic heterocycles. The number of nitrogens with zero attached hydrogens (tertiary/aromatic N) is 2. The van der Waals surface area contributed by atoms with Gasteiger partial charge in [-0.25, -0.2) is 0 Å². The molecule has 3 rings (SSSR count). The molecule has 3 aromatic rings. The van der Waals surface area contributed by atoms with Crippen molar-refractivity contribution >= 4 is 33.4 Å². The normalized spacial score (nSPS) is 11.6. The van der Waals surface area contributed by atoms with Crippen molar-refractivity contribution in [2.45, 2.75) is 26.8 Å². The number of methoxy groups -OCH3 is 2. The van der Waals surface area contributed by atoms with Crippen LogP contribution in [0.4, 0.5) is 0 Å². The summed E-state index contributed by atoms with van der Waals surface area (Å²) < 4.78 is 12.8. The number of carbonyl (C=O) groups excluding carboxylic acids is 2. The van der Waals surface area contributed by atoms with Gasteiger partial charge in [0.2, 0.25) is 0 Å². The van der Waals surface area contributed by atoms with E-state index in [1.54, 1.807) is 13.2 Å². The number of benzene rings is 2. The molecule has 0 N–H and O–H groups in total. The highest BCUT2D eigenvalue weighted by Gasteiger charge is 2.12. The molecule has 28 heavy (non-hydrogen) atoms. The van der Waals surface area contributed by atoms with Gasteiger partial charge in [0.15, 0.2) is 4.80 Å². The average Bonchev–Trinajstić information content (AvgIpc) is 3.03. The molecule has 0 saturated carbocycles. The Kier molecular flexibility index (Phi) is 5.94. The van der Waals surface area contributed by atoms with Gasteiger partial charge >= 0.3 is 5.97 Å². The summed E-state index contributed by atoms with van der Waals surface area (Å²) in [6.45, 7) is 4.34. The molecule has 0 radical (unpaired) electrons. The first-order chi connectivity index (χ1) is 13.4. The highest BCUT2D eigenvalue weighted by atomic mass is 32.1. The predicted octanol–water partition coefficient (Wildman–Crippen LogP) is 3.63. The van der Waals surface area contributed by atoms with Gasteiger partial charge < -0.3 is 14.0 Å². The number of hydrogen-bond acceptors (Lipinski definition) is 5. The third-order valence-electron chi connectivity index (χ3n) is 4.61. The fourth-order valence-electron chi connectivity index (χ4n) is 2.81. The Labute approximate surface area is 167 Å². The first-order valence-corrected chi connectivity index (χ1v) is 9.65. The number of amides is 1. The van der Waals surface area contributed by atoms with Gasteiger partial charge in [0.05, 0.1) is 30.9 Å². The Morgan fingerprint density at radius 1 is 1.07 bits per heavy atom. The number of esters is 1. The summed E-state index contributed by atoms with van der Waals surface area (Å²) in [6, 6.07) is 11.2. The molecule has 0 saturated heterocycles. The Hall–Kier alpha value is -2.93. The van der Waals surface area contributed by atoms with Crippen LogP contribution in [0.1, 0.15) is 27.9 Å². The SMILES string of the molecule is COC(=O)CCn1c(=NC(=O)c2ccc(C)c(C)c2)sc2cc(OC)ccc21. The molecule has 1 aromatic heterocycles. The summed E-state index contributed by atoms with van der Waals surface area (Å²) >= 11 is 1.39. The lowest BCUT2D eigenvalue weighted by atomic mass is 10.1. The van der Waals surface area contributed by atoms with Crippen LogP contribution >= 0.6 is 11.3 Å². The Morgan fingerprint density at radius 2 is 1.86 bits per heavy atom. The van der Waals surface area contributed by atoms with Gasteiger partial charge in [0.25, 0.3) is 5.91 Å². The molecule has 0 unspecified atom stereocenters.